The first-order chi connectivity index (χ1) is 15.0. The molecule has 5 nitrogen and oxygen atoms in total. The first-order valence-electron chi connectivity index (χ1n) is 11.0. The Morgan fingerprint density at radius 1 is 0.968 bits per heavy atom. The second-order valence-electron chi connectivity index (χ2n) is 8.24. The van der Waals surface area contributed by atoms with Gasteiger partial charge in [-0.25, -0.2) is 4.68 Å². The highest BCUT2D eigenvalue weighted by Crippen LogP contribution is 2.20. The second-order valence-corrected chi connectivity index (χ2v) is 8.63. The van der Waals surface area contributed by atoms with E-state index in [0.717, 1.165) is 49.2 Å². The third-order valence-corrected chi connectivity index (χ3v) is 6.50. The van der Waals surface area contributed by atoms with Crippen LogP contribution in [0, 0.1) is 13.8 Å². The van der Waals surface area contributed by atoms with Gasteiger partial charge in [-0.3, -0.25) is 4.90 Å². The molecule has 0 amide bonds. The lowest BCUT2D eigenvalue weighted by atomic mass is 10.1. The number of hydrogen-bond acceptors (Lipinski definition) is 3. The van der Waals surface area contributed by atoms with Gasteiger partial charge in [-0.1, -0.05) is 48.5 Å². The van der Waals surface area contributed by atoms with Crippen LogP contribution in [0.1, 0.15) is 35.5 Å². The van der Waals surface area contributed by atoms with Crippen LogP contribution in [0.25, 0.3) is 5.69 Å². The summed E-state index contributed by atoms with van der Waals surface area (Å²) < 4.78 is 2.06. The molecule has 1 aliphatic heterocycles. The van der Waals surface area contributed by atoms with E-state index in [9.17, 15) is 0 Å². The molecule has 0 saturated carbocycles. The Balaban J connectivity index is 1.33. The molecule has 4 rings (SSSR count). The molecule has 1 saturated heterocycles. The Labute approximate surface area is 190 Å². The lowest BCUT2D eigenvalue weighted by Crippen LogP contribution is -2.51. The van der Waals surface area contributed by atoms with E-state index in [4.69, 9.17) is 17.3 Å². The maximum absolute atomic E-state index is 5.70. The molecule has 1 aliphatic rings. The summed E-state index contributed by atoms with van der Waals surface area (Å²) in [6.45, 7) is 11.3. The molecule has 2 aromatic carbocycles. The minimum Gasteiger partial charge on any atom is -0.356 e. The average molecular weight is 434 g/mol. The zero-order valence-electron chi connectivity index (χ0n) is 18.6. The Hall–Kier alpha value is -2.70. The van der Waals surface area contributed by atoms with Gasteiger partial charge in [0.15, 0.2) is 5.11 Å². The van der Waals surface area contributed by atoms with E-state index >= 15 is 0 Å². The van der Waals surface area contributed by atoms with E-state index in [-0.39, 0.29) is 6.04 Å². The van der Waals surface area contributed by atoms with Crippen LogP contribution in [0.2, 0.25) is 0 Å². The summed E-state index contributed by atoms with van der Waals surface area (Å²) in [6.07, 6.45) is 0. The number of nitrogens with zero attached hydrogens (tertiary/aromatic N) is 4. The highest BCUT2D eigenvalue weighted by Gasteiger charge is 2.22. The van der Waals surface area contributed by atoms with Crippen molar-refractivity contribution < 1.29 is 0 Å². The van der Waals surface area contributed by atoms with Gasteiger partial charge >= 0.3 is 0 Å². The number of hydrogen-bond donors (Lipinski definition) is 1. The fourth-order valence-corrected chi connectivity index (χ4v) is 4.52. The molecule has 0 aliphatic carbocycles. The zero-order chi connectivity index (χ0) is 21.8. The van der Waals surface area contributed by atoms with Gasteiger partial charge in [0.2, 0.25) is 0 Å². The van der Waals surface area contributed by atoms with E-state index in [0.29, 0.717) is 0 Å². The third kappa shape index (κ3) is 4.97. The fraction of sp³-hybridized carbons (Fsp3) is 0.360. The molecule has 0 spiro atoms. The quantitative estimate of drug-likeness (QED) is 0.609. The lowest BCUT2D eigenvalue weighted by Gasteiger charge is -2.37. The lowest BCUT2D eigenvalue weighted by molar-refractivity contribution is 0.173. The summed E-state index contributed by atoms with van der Waals surface area (Å²) in [5, 5.41) is 9.14. The van der Waals surface area contributed by atoms with Crippen LogP contribution in [0.3, 0.4) is 0 Å². The van der Waals surface area contributed by atoms with Crippen molar-refractivity contribution in [2.45, 2.75) is 33.4 Å². The number of piperazine rings is 1. The molecule has 1 aromatic heterocycles. The molecule has 162 valence electrons. The van der Waals surface area contributed by atoms with Gasteiger partial charge in [0.05, 0.1) is 17.4 Å². The summed E-state index contributed by atoms with van der Waals surface area (Å²) in [5.74, 6) is 0. The van der Waals surface area contributed by atoms with Crippen molar-refractivity contribution in [2.75, 3.05) is 26.2 Å². The molecule has 1 fully saturated rings. The van der Waals surface area contributed by atoms with Crippen LogP contribution in [0.4, 0.5) is 0 Å². The minimum absolute atomic E-state index is 0.209. The predicted molar refractivity (Wildman–Crippen MR) is 130 cm³/mol. The minimum atomic E-state index is 0.209. The summed E-state index contributed by atoms with van der Waals surface area (Å²) in [5.41, 5.74) is 6.03. The maximum Gasteiger partial charge on any atom is 0.169 e. The number of aromatic nitrogens is 2. The third-order valence-electron chi connectivity index (χ3n) is 6.12. The van der Waals surface area contributed by atoms with Crippen molar-refractivity contribution in [1.29, 1.82) is 0 Å². The summed E-state index contributed by atoms with van der Waals surface area (Å²) in [6, 6.07) is 21.0. The van der Waals surface area contributed by atoms with Crippen molar-refractivity contribution >= 4 is 17.3 Å². The van der Waals surface area contributed by atoms with E-state index < -0.39 is 0 Å². The topological polar surface area (TPSA) is 36.3 Å². The Morgan fingerprint density at radius 3 is 2.23 bits per heavy atom. The molecule has 1 N–H and O–H groups in total. The van der Waals surface area contributed by atoms with Crippen LogP contribution in [-0.2, 0) is 6.54 Å². The van der Waals surface area contributed by atoms with E-state index in [1.165, 1.54) is 16.8 Å². The van der Waals surface area contributed by atoms with Gasteiger partial charge in [-0.15, -0.1) is 0 Å². The average Bonchev–Trinajstić information content (AvgIpc) is 3.09. The molecule has 1 unspecified atom stereocenters. The fourth-order valence-electron chi connectivity index (χ4n) is 4.16. The highest BCUT2D eigenvalue weighted by atomic mass is 32.1. The zero-order valence-corrected chi connectivity index (χ0v) is 19.4. The number of rotatable bonds is 5. The van der Waals surface area contributed by atoms with E-state index in [1.807, 2.05) is 12.1 Å². The number of benzene rings is 2. The van der Waals surface area contributed by atoms with Crippen molar-refractivity contribution in [3.05, 3.63) is 83.2 Å². The standard InChI is InChI=1S/C25H31N5S/c1-19(22-10-6-4-7-11-22)26-25(31)29-16-14-28(15-17-29)18-24-20(2)27-30(21(24)3)23-12-8-5-9-13-23/h4-13,19H,14-18H2,1-3H3,(H,26,31). The number of thiocarbonyl (C=S) groups is 1. The second kappa shape index (κ2) is 9.62. The maximum atomic E-state index is 5.70. The highest BCUT2D eigenvalue weighted by molar-refractivity contribution is 7.80. The molecule has 0 bridgehead atoms. The first-order valence-corrected chi connectivity index (χ1v) is 11.4. The van der Waals surface area contributed by atoms with Crippen LogP contribution < -0.4 is 5.32 Å². The molecular weight excluding hydrogens is 402 g/mol. The molecule has 6 heteroatoms. The Kier molecular flexibility index (Phi) is 6.68. The molecule has 31 heavy (non-hydrogen) atoms. The number of para-hydroxylation sites is 1. The molecule has 0 radical (unpaired) electrons. The van der Waals surface area contributed by atoms with Crippen LogP contribution >= 0.6 is 12.2 Å². The smallest absolute Gasteiger partial charge is 0.169 e. The van der Waals surface area contributed by atoms with Crippen LogP contribution in [0.15, 0.2) is 60.7 Å². The summed E-state index contributed by atoms with van der Waals surface area (Å²) >= 11 is 5.70. The van der Waals surface area contributed by atoms with Gasteiger partial charge in [0.1, 0.15) is 0 Å². The SMILES string of the molecule is Cc1nn(-c2ccccc2)c(C)c1CN1CCN(C(=S)NC(C)c2ccccc2)CC1. The summed E-state index contributed by atoms with van der Waals surface area (Å²) in [7, 11) is 0. The van der Waals surface area contributed by atoms with Gasteiger partial charge in [-0.2, -0.15) is 5.10 Å². The van der Waals surface area contributed by atoms with Crippen molar-refractivity contribution in [3.8, 4) is 5.69 Å². The molecule has 3 aromatic rings. The first kappa shape index (κ1) is 21.5. The van der Waals surface area contributed by atoms with Gasteiger partial charge in [0, 0.05) is 44.0 Å². The van der Waals surface area contributed by atoms with Crippen molar-refractivity contribution in [3.63, 3.8) is 0 Å². The van der Waals surface area contributed by atoms with E-state index in [2.05, 4.69) is 89.1 Å². The molecule has 2 heterocycles. The van der Waals surface area contributed by atoms with E-state index in [1.54, 1.807) is 0 Å². The number of aryl methyl sites for hydroxylation is 1. The monoisotopic (exact) mass is 433 g/mol. The van der Waals surface area contributed by atoms with Crippen molar-refractivity contribution in [2.24, 2.45) is 0 Å². The normalized spacial score (nSPS) is 15.6. The molecular formula is C25H31N5S. The van der Waals surface area contributed by atoms with Gasteiger partial charge in [-0.05, 0) is 50.7 Å². The van der Waals surface area contributed by atoms with Crippen LogP contribution in [0.5, 0.6) is 0 Å². The Morgan fingerprint density at radius 2 is 1.58 bits per heavy atom. The molecule has 1 atom stereocenters. The van der Waals surface area contributed by atoms with Crippen molar-refractivity contribution in [1.82, 2.24) is 24.9 Å². The van der Waals surface area contributed by atoms with Crippen LogP contribution in [-0.4, -0.2) is 50.9 Å². The van der Waals surface area contributed by atoms with Gasteiger partial charge in [0.25, 0.3) is 0 Å². The summed E-state index contributed by atoms with van der Waals surface area (Å²) in [4.78, 5) is 4.80. The van der Waals surface area contributed by atoms with Gasteiger partial charge < -0.3 is 10.2 Å². The predicted octanol–water partition coefficient (Wildman–Crippen LogP) is 4.24. The number of nitrogens with one attached hydrogen (secondary N) is 1. The Bertz CT molecular complexity index is 1010. The largest absolute Gasteiger partial charge is 0.356 e.